The van der Waals surface area contributed by atoms with Crippen molar-refractivity contribution >= 4 is 22.6 Å². The van der Waals surface area contributed by atoms with Crippen molar-refractivity contribution in [3.05, 3.63) is 65.5 Å². The number of hydrogen-bond donors (Lipinski definition) is 1. The number of hydrogen-bond acceptors (Lipinski definition) is 4. The number of amides is 1. The summed E-state index contributed by atoms with van der Waals surface area (Å²) in [6, 6.07) is 13.0. The third kappa shape index (κ3) is 2.65. The molecule has 0 aliphatic carbocycles. The highest BCUT2D eigenvalue weighted by atomic mass is 16.3. The van der Waals surface area contributed by atoms with Crippen molar-refractivity contribution in [1.82, 2.24) is 14.8 Å². The van der Waals surface area contributed by atoms with Crippen LogP contribution in [0.5, 0.6) is 0 Å². The third-order valence-corrected chi connectivity index (χ3v) is 4.38. The van der Waals surface area contributed by atoms with Crippen LogP contribution in [-0.2, 0) is 7.05 Å². The summed E-state index contributed by atoms with van der Waals surface area (Å²) in [4.78, 5) is 17.7. The van der Waals surface area contributed by atoms with Crippen molar-refractivity contribution in [3.63, 3.8) is 0 Å². The van der Waals surface area contributed by atoms with Crippen LogP contribution < -0.4 is 5.32 Å². The molecule has 0 saturated carbocycles. The maximum absolute atomic E-state index is 13.1. The summed E-state index contributed by atoms with van der Waals surface area (Å²) in [6.45, 7) is 3.84. The van der Waals surface area contributed by atoms with E-state index in [1.165, 1.54) is 0 Å². The maximum atomic E-state index is 13.1. The number of carbonyl (C=O) groups is 1. The van der Waals surface area contributed by atoms with Gasteiger partial charge in [-0.1, -0.05) is 18.2 Å². The lowest BCUT2D eigenvalue weighted by Crippen LogP contribution is -2.14. The molecule has 0 atom stereocenters. The SMILES string of the molecule is Cc1ccccc1NC(=O)c1cc(-c2ccco2)nc2c1c(C)nn2C. The largest absolute Gasteiger partial charge is 0.463 e. The highest BCUT2D eigenvalue weighted by Crippen LogP contribution is 2.28. The monoisotopic (exact) mass is 346 g/mol. The molecule has 3 heterocycles. The minimum atomic E-state index is -0.199. The van der Waals surface area contributed by atoms with Crippen LogP contribution in [0, 0.1) is 13.8 Å². The van der Waals surface area contributed by atoms with E-state index >= 15 is 0 Å². The quantitative estimate of drug-likeness (QED) is 0.606. The van der Waals surface area contributed by atoms with Crippen LogP contribution in [0.3, 0.4) is 0 Å². The minimum Gasteiger partial charge on any atom is -0.463 e. The molecule has 6 heteroatoms. The Hall–Kier alpha value is -3.41. The molecule has 130 valence electrons. The van der Waals surface area contributed by atoms with Crippen molar-refractivity contribution in [3.8, 4) is 11.5 Å². The van der Waals surface area contributed by atoms with Gasteiger partial charge in [0, 0.05) is 12.7 Å². The molecular formula is C20H18N4O2. The Morgan fingerprint density at radius 2 is 1.96 bits per heavy atom. The molecule has 0 bridgehead atoms. The molecule has 6 nitrogen and oxygen atoms in total. The number of anilines is 1. The van der Waals surface area contributed by atoms with Gasteiger partial charge in [-0.05, 0) is 43.7 Å². The van der Waals surface area contributed by atoms with Gasteiger partial charge in [0.15, 0.2) is 11.4 Å². The summed E-state index contributed by atoms with van der Waals surface area (Å²) in [7, 11) is 1.82. The second-order valence-corrected chi connectivity index (χ2v) is 6.21. The summed E-state index contributed by atoms with van der Waals surface area (Å²) in [5.41, 5.74) is 4.31. The van der Waals surface area contributed by atoms with Crippen LogP contribution in [0.4, 0.5) is 5.69 Å². The molecule has 1 N–H and O–H groups in total. The Balaban J connectivity index is 1.87. The van der Waals surface area contributed by atoms with Gasteiger partial charge in [-0.2, -0.15) is 5.10 Å². The molecular weight excluding hydrogens is 328 g/mol. The molecule has 0 spiro atoms. The highest BCUT2D eigenvalue weighted by Gasteiger charge is 2.20. The summed E-state index contributed by atoms with van der Waals surface area (Å²) in [5, 5.41) is 8.16. The molecule has 26 heavy (non-hydrogen) atoms. The predicted octanol–water partition coefficient (Wildman–Crippen LogP) is 4.10. The van der Waals surface area contributed by atoms with Crippen LogP contribution in [0.15, 0.2) is 53.1 Å². The molecule has 0 aliphatic rings. The van der Waals surface area contributed by atoms with Gasteiger partial charge in [-0.25, -0.2) is 4.98 Å². The fourth-order valence-corrected chi connectivity index (χ4v) is 3.08. The number of nitrogens with zero attached hydrogens (tertiary/aromatic N) is 3. The Morgan fingerprint density at radius 3 is 2.69 bits per heavy atom. The van der Waals surface area contributed by atoms with E-state index in [1.807, 2.05) is 51.2 Å². The first kappa shape index (κ1) is 16.1. The van der Waals surface area contributed by atoms with E-state index in [0.717, 1.165) is 22.3 Å². The lowest BCUT2D eigenvalue weighted by molar-refractivity contribution is 0.102. The van der Waals surface area contributed by atoms with E-state index in [4.69, 9.17) is 4.42 Å². The fourth-order valence-electron chi connectivity index (χ4n) is 3.08. The molecule has 0 fully saturated rings. The highest BCUT2D eigenvalue weighted by molar-refractivity contribution is 6.13. The van der Waals surface area contributed by atoms with Gasteiger partial charge in [0.25, 0.3) is 5.91 Å². The zero-order valence-electron chi connectivity index (χ0n) is 14.8. The summed E-state index contributed by atoms with van der Waals surface area (Å²) < 4.78 is 7.15. The van der Waals surface area contributed by atoms with E-state index in [2.05, 4.69) is 15.4 Å². The zero-order valence-corrected chi connectivity index (χ0v) is 14.8. The van der Waals surface area contributed by atoms with E-state index in [1.54, 1.807) is 23.1 Å². The average molecular weight is 346 g/mol. The van der Waals surface area contributed by atoms with Crippen molar-refractivity contribution in [2.45, 2.75) is 13.8 Å². The second kappa shape index (κ2) is 6.15. The number of nitrogens with one attached hydrogen (secondary N) is 1. The molecule has 1 aromatic carbocycles. The molecule has 3 aromatic heterocycles. The number of aromatic nitrogens is 3. The van der Waals surface area contributed by atoms with Gasteiger partial charge < -0.3 is 9.73 Å². The summed E-state index contributed by atoms with van der Waals surface area (Å²) in [6.07, 6.45) is 1.59. The van der Waals surface area contributed by atoms with Crippen LogP contribution in [0.1, 0.15) is 21.6 Å². The number of benzene rings is 1. The smallest absolute Gasteiger partial charge is 0.256 e. The van der Waals surface area contributed by atoms with E-state index < -0.39 is 0 Å². The molecule has 4 rings (SSSR count). The van der Waals surface area contributed by atoms with Crippen LogP contribution in [0.2, 0.25) is 0 Å². The molecule has 0 saturated heterocycles. The van der Waals surface area contributed by atoms with Crippen molar-refractivity contribution < 1.29 is 9.21 Å². The van der Waals surface area contributed by atoms with Gasteiger partial charge in [0.05, 0.1) is 22.9 Å². The van der Waals surface area contributed by atoms with Crippen LogP contribution >= 0.6 is 0 Å². The predicted molar refractivity (Wildman–Crippen MR) is 100 cm³/mol. The Bertz CT molecular complexity index is 1110. The second-order valence-electron chi connectivity index (χ2n) is 6.21. The molecule has 1 amide bonds. The van der Waals surface area contributed by atoms with Crippen molar-refractivity contribution in [1.29, 1.82) is 0 Å². The number of aryl methyl sites for hydroxylation is 3. The van der Waals surface area contributed by atoms with Crippen LogP contribution in [-0.4, -0.2) is 20.7 Å². The summed E-state index contributed by atoms with van der Waals surface area (Å²) in [5.74, 6) is 0.409. The Labute approximate surface area is 150 Å². The normalized spacial score (nSPS) is 11.0. The van der Waals surface area contributed by atoms with E-state index in [-0.39, 0.29) is 5.91 Å². The molecule has 0 unspecified atom stereocenters. The first-order valence-electron chi connectivity index (χ1n) is 8.30. The third-order valence-electron chi connectivity index (χ3n) is 4.38. The zero-order chi connectivity index (χ0) is 18.3. The molecule has 0 radical (unpaired) electrons. The number of furan rings is 1. The van der Waals surface area contributed by atoms with Crippen molar-refractivity contribution in [2.24, 2.45) is 7.05 Å². The molecule has 4 aromatic rings. The van der Waals surface area contributed by atoms with Gasteiger partial charge in [-0.15, -0.1) is 0 Å². The topological polar surface area (TPSA) is 73.0 Å². The number of pyridine rings is 1. The maximum Gasteiger partial charge on any atom is 0.256 e. The first-order valence-corrected chi connectivity index (χ1v) is 8.30. The minimum absolute atomic E-state index is 0.199. The van der Waals surface area contributed by atoms with Crippen LogP contribution in [0.25, 0.3) is 22.5 Å². The van der Waals surface area contributed by atoms with Gasteiger partial charge in [0.2, 0.25) is 0 Å². The fraction of sp³-hybridized carbons (Fsp3) is 0.150. The van der Waals surface area contributed by atoms with Crippen molar-refractivity contribution in [2.75, 3.05) is 5.32 Å². The summed E-state index contributed by atoms with van der Waals surface area (Å²) >= 11 is 0. The standard InChI is InChI=1S/C20H18N4O2/c1-12-7-4-5-8-15(12)22-20(25)14-11-16(17-9-6-10-26-17)21-19-18(14)13(2)23-24(19)3/h4-11H,1-3H3,(H,22,25). The Kier molecular flexibility index (Phi) is 3.80. The van der Waals surface area contributed by atoms with E-state index in [0.29, 0.717) is 22.7 Å². The number of fused-ring (bicyclic) bond motifs is 1. The Morgan fingerprint density at radius 1 is 1.15 bits per heavy atom. The molecule has 0 aliphatic heterocycles. The van der Waals surface area contributed by atoms with Gasteiger partial charge in [-0.3, -0.25) is 9.48 Å². The number of para-hydroxylation sites is 1. The van der Waals surface area contributed by atoms with E-state index in [9.17, 15) is 4.79 Å². The first-order chi connectivity index (χ1) is 12.5. The number of rotatable bonds is 3. The lowest BCUT2D eigenvalue weighted by Gasteiger charge is -2.10. The van der Waals surface area contributed by atoms with Gasteiger partial charge >= 0.3 is 0 Å². The number of carbonyl (C=O) groups excluding carboxylic acids is 1. The lowest BCUT2D eigenvalue weighted by atomic mass is 10.1. The average Bonchev–Trinajstić information content (AvgIpc) is 3.25. The van der Waals surface area contributed by atoms with Gasteiger partial charge in [0.1, 0.15) is 5.69 Å².